The van der Waals surface area contributed by atoms with Crippen LogP contribution in [0.15, 0.2) is 47.5 Å². The molecule has 2 N–H and O–H groups in total. The molecule has 0 amide bonds. The van der Waals surface area contributed by atoms with Crippen LogP contribution in [0.2, 0.25) is 0 Å². The van der Waals surface area contributed by atoms with Crippen molar-refractivity contribution in [3.05, 3.63) is 59.4 Å². The highest BCUT2D eigenvalue weighted by atomic mass is 32.2. The van der Waals surface area contributed by atoms with Crippen molar-refractivity contribution in [2.75, 3.05) is 7.11 Å². The zero-order chi connectivity index (χ0) is 17.1. The van der Waals surface area contributed by atoms with Gasteiger partial charge in [0, 0.05) is 22.7 Å². The highest BCUT2D eigenvalue weighted by molar-refractivity contribution is 7.98. The molecule has 1 aromatic heterocycles. The summed E-state index contributed by atoms with van der Waals surface area (Å²) in [5.74, 6) is 0.587. The number of hydrogen-bond acceptors (Lipinski definition) is 5. The fourth-order valence-corrected chi connectivity index (χ4v) is 3.40. The molecule has 2 aromatic carbocycles. The third-order valence-electron chi connectivity index (χ3n) is 3.64. The average Bonchev–Trinajstić information content (AvgIpc) is 2.61. The Labute approximate surface area is 142 Å². The van der Waals surface area contributed by atoms with Crippen LogP contribution in [-0.4, -0.2) is 23.4 Å². The first-order valence-electron chi connectivity index (χ1n) is 7.21. The molecular weight excluding hydrogens is 327 g/mol. The van der Waals surface area contributed by atoms with Gasteiger partial charge in [0.1, 0.15) is 16.6 Å². The lowest BCUT2D eigenvalue weighted by atomic mass is 10.1. The molecule has 3 rings (SSSR count). The molecule has 0 atom stereocenters. The van der Waals surface area contributed by atoms with E-state index >= 15 is 0 Å². The van der Waals surface area contributed by atoms with E-state index in [4.69, 9.17) is 10.1 Å². The SMILES string of the molecule is COc1ccc(CSc2nc(O)c(C=N)c3c(F)cccc23)cc1. The number of halogens is 1. The Kier molecular flexibility index (Phi) is 4.66. The van der Waals surface area contributed by atoms with Crippen molar-refractivity contribution in [2.45, 2.75) is 10.8 Å². The minimum Gasteiger partial charge on any atom is -0.497 e. The lowest BCUT2D eigenvalue weighted by Gasteiger charge is -2.10. The third kappa shape index (κ3) is 3.05. The van der Waals surface area contributed by atoms with Crippen molar-refractivity contribution in [1.82, 2.24) is 4.98 Å². The molecule has 1 heterocycles. The number of aromatic hydroxyl groups is 1. The lowest BCUT2D eigenvalue weighted by molar-refractivity contribution is 0.414. The third-order valence-corrected chi connectivity index (χ3v) is 4.70. The molecule has 0 spiro atoms. The number of nitrogens with zero attached hydrogens (tertiary/aromatic N) is 1. The number of benzene rings is 2. The van der Waals surface area contributed by atoms with Crippen LogP contribution in [0.3, 0.4) is 0 Å². The molecule has 24 heavy (non-hydrogen) atoms. The van der Waals surface area contributed by atoms with Crippen LogP contribution in [0.4, 0.5) is 4.39 Å². The summed E-state index contributed by atoms with van der Waals surface area (Å²) in [6, 6.07) is 12.3. The molecule has 0 saturated heterocycles. The Morgan fingerprint density at radius 2 is 2.00 bits per heavy atom. The largest absolute Gasteiger partial charge is 0.497 e. The number of methoxy groups -OCH3 is 1. The minimum atomic E-state index is -0.477. The second-order valence-electron chi connectivity index (χ2n) is 5.10. The second kappa shape index (κ2) is 6.88. The van der Waals surface area contributed by atoms with Crippen LogP contribution in [0.5, 0.6) is 11.6 Å². The van der Waals surface area contributed by atoms with Crippen molar-refractivity contribution < 1.29 is 14.2 Å². The molecule has 4 nitrogen and oxygen atoms in total. The van der Waals surface area contributed by atoms with Gasteiger partial charge in [-0.2, -0.15) is 0 Å². The number of hydrogen-bond donors (Lipinski definition) is 2. The molecule has 0 radical (unpaired) electrons. The van der Waals surface area contributed by atoms with E-state index < -0.39 is 5.82 Å². The van der Waals surface area contributed by atoms with Gasteiger partial charge in [0.25, 0.3) is 0 Å². The van der Waals surface area contributed by atoms with E-state index in [0.717, 1.165) is 17.5 Å². The fraction of sp³-hybridized carbons (Fsp3) is 0.111. The van der Waals surface area contributed by atoms with Crippen molar-refractivity contribution in [3.63, 3.8) is 0 Å². The summed E-state index contributed by atoms with van der Waals surface area (Å²) in [5, 5.41) is 18.8. The number of nitrogens with one attached hydrogen (secondary N) is 1. The van der Waals surface area contributed by atoms with E-state index in [-0.39, 0.29) is 16.8 Å². The first-order valence-corrected chi connectivity index (χ1v) is 8.20. The van der Waals surface area contributed by atoms with E-state index in [0.29, 0.717) is 16.2 Å². The van der Waals surface area contributed by atoms with Gasteiger partial charge < -0.3 is 15.3 Å². The number of thioether (sulfide) groups is 1. The monoisotopic (exact) mass is 342 g/mol. The smallest absolute Gasteiger partial charge is 0.221 e. The molecule has 6 heteroatoms. The van der Waals surface area contributed by atoms with Gasteiger partial charge in [-0.25, -0.2) is 9.37 Å². The summed E-state index contributed by atoms with van der Waals surface area (Å²) >= 11 is 1.40. The summed E-state index contributed by atoms with van der Waals surface area (Å²) in [4.78, 5) is 4.14. The molecule has 0 aliphatic rings. The zero-order valence-corrected chi connectivity index (χ0v) is 13.7. The van der Waals surface area contributed by atoms with Gasteiger partial charge in [-0.1, -0.05) is 24.3 Å². The van der Waals surface area contributed by atoms with Gasteiger partial charge in [0.15, 0.2) is 0 Å². The summed E-state index contributed by atoms with van der Waals surface area (Å²) in [6.07, 6.45) is 0.922. The van der Waals surface area contributed by atoms with Crippen LogP contribution in [0.1, 0.15) is 11.1 Å². The molecule has 0 bridgehead atoms. The van der Waals surface area contributed by atoms with E-state index in [1.54, 1.807) is 19.2 Å². The highest BCUT2D eigenvalue weighted by Crippen LogP contribution is 2.35. The van der Waals surface area contributed by atoms with Gasteiger partial charge in [0.05, 0.1) is 12.7 Å². The van der Waals surface area contributed by atoms with Gasteiger partial charge in [-0.3, -0.25) is 0 Å². The Bertz CT molecular complexity index is 898. The number of rotatable bonds is 5. The Balaban J connectivity index is 1.97. The van der Waals surface area contributed by atoms with Gasteiger partial charge in [-0.15, -0.1) is 11.8 Å². The number of fused-ring (bicyclic) bond motifs is 1. The summed E-state index contributed by atoms with van der Waals surface area (Å²) in [7, 11) is 1.61. The molecule has 0 aliphatic heterocycles. The van der Waals surface area contributed by atoms with Gasteiger partial charge in [-0.05, 0) is 23.8 Å². The molecular formula is C18H15FN2O2S. The van der Waals surface area contributed by atoms with E-state index in [1.807, 2.05) is 24.3 Å². The second-order valence-corrected chi connectivity index (χ2v) is 6.06. The highest BCUT2D eigenvalue weighted by Gasteiger charge is 2.15. The van der Waals surface area contributed by atoms with Crippen molar-refractivity contribution in [2.24, 2.45) is 0 Å². The maximum Gasteiger partial charge on any atom is 0.221 e. The summed E-state index contributed by atoms with van der Waals surface area (Å²) < 4.78 is 19.3. The predicted octanol–water partition coefficient (Wildman–Crippen LogP) is 4.38. The average molecular weight is 342 g/mol. The first kappa shape index (κ1) is 16.3. The van der Waals surface area contributed by atoms with E-state index in [1.165, 1.54) is 17.8 Å². The number of aromatic nitrogens is 1. The van der Waals surface area contributed by atoms with Crippen LogP contribution >= 0.6 is 11.8 Å². The number of ether oxygens (including phenoxy) is 1. The molecule has 0 unspecified atom stereocenters. The molecule has 0 saturated carbocycles. The van der Waals surface area contributed by atoms with Crippen molar-refractivity contribution >= 4 is 28.7 Å². The van der Waals surface area contributed by atoms with Crippen LogP contribution < -0.4 is 4.74 Å². The zero-order valence-electron chi connectivity index (χ0n) is 12.9. The van der Waals surface area contributed by atoms with Crippen LogP contribution in [0, 0.1) is 11.2 Å². The number of pyridine rings is 1. The Hall–Kier alpha value is -2.60. The summed E-state index contributed by atoms with van der Waals surface area (Å²) in [5.41, 5.74) is 1.15. The van der Waals surface area contributed by atoms with Crippen LogP contribution in [-0.2, 0) is 5.75 Å². The van der Waals surface area contributed by atoms with Crippen molar-refractivity contribution in [3.8, 4) is 11.6 Å². The van der Waals surface area contributed by atoms with E-state index in [9.17, 15) is 9.50 Å². The van der Waals surface area contributed by atoms with Crippen LogP contribution in [0.25, 0.3) is 10.8 Å². The lowest BCUT2D eigenvalue weighted by Crippen LogP contribution is -1.95. The molecule has 3 aromatic rings. The molecule has 0 aliphatic carbocycles. The molecule has 0 fully saturated rings. The Morgan fingerprint density at radius 1 is 1.25 bits per heavy atom. The van der Waals surface area contributed by atoms with Crippen molar-refractivity contribution in [1.29, 1.82) is 5.41 Å². The van der Waals surface area contributed by atoms with E-state index in [2.05, 4.69) is 4.98 Å². The summed E-state index contributed by atoms with van der Waals surface area (Å²) in [6.45, 7) is 0. The van der Waals surface area contributed by atoms with Gasteiger partial charge >= 0.3 is 0 Å². The maximum absolute atomic E-state index is 14.2. The quantitative estimate of drug-likeness (QED) is 0.533. The van der Waals surface area contributed by atoms with Gasteiger partial charge in [0.2, 0.25) is 5.88 Å². The minimum absolute atomic E-state index is 0.0943. The Morgan fingerprint density at radius 3 is 2.67 bits per heavy atom. The standard InChI is InChI=1S/C18H15FN2O2S/c1-23-12-7-5-11(6-8-12)10-24-18-13-3-2-4-15(19)16(13)14(9-20)17(22)21-18/h2-9,20H,10H2,1H3,(H,21,22). The molecule has 122 valence electrons. The topological polar surface area (TPSA) is 66.2 Å². The fourth-order valence-electron chi connectivity index (χ4n) is 2.42. The first-order chi connectivity index (χ1) is 11.6. The normalized spacial score (nSPS) is 10.8. The predicted molar refractivity (Wildman–Crippen MR) is 93.8 cm³/mol. The maximum atomic E-state index is 14.2.